The molecule has 0 saturated carbocycles. The number of rotatable bonds is 6. The van der Waals surface area contributed by atoms with E-state index in [4.69, 9.17) is 9.15 Å². The average molecular weight is 239 g/mol. The lowest BCUT2D eigenvalue weighted by Gasteiger charge is -2.05. The maximum atomic E-state index is 5.70. The molecule has 5 heteroatoms. The van der Waals surface area contributed by atoms with Gasteiger partial charge in [-0.1, -0.05) is 6.92 Å². The van der Waals surface area contributed by atoms with Crippen LogP contribution >= 0.6 is 0 Å². The summed E-state index contributed by atoms with van der Waals surface area (Å²) in [6, 6.07) is 0. The summed E-state index contributed by atoms with van der Waals surface area (Å²) in [6.45, 7) is 6.17. The van der Waals surface area contributed by atoms with Crippen LogP contribution in [0, 0.1) is 0 Å². The third kappa shape index (κ3) is 3.51. The molecule has 0 radical (unpaired) electrons. The van der Waals surface area contributed by atoms with Crippen LogP contribution in [-0.2, 0) is 11.2 Å². The molecule has 1 aliphatic heterocycles. The molecule has 1 fully saturated rings. The Hall–Kier alpha value is -0.940. The van der Waals surface area contributed by atoms with Crippen molar-refractivity contribution in [3.05, 3.63) is 11.8 Å². The molecule has 0 amide bonds. The summed E-state index contributed by atoms with van der Waals surface area (Å²) in [7, 11) is 0. The van der Waals surface area contributed by atoms with Crippen molar-refractivity contribution in [2.24, 2.45) is 0 Å². The van der Waals surface area contributed by atoms with Crippen molar-refractivity contribution >= 4 is 0 Å². The van der Waals surface area contributed by atoms with E-state index < -0.39 is 0 Å². The van der Waals surface area contributed by atoms with E-state index in [9.17, 15) is 0 Å². The molecule has 1 saturated heterocycles. The summed E-state index contributed by atoms with van der Waals surface area (Å²) in [4.78, 5) is 0. The molecule has 96 valence electrons. The lowest BCUT2D eigenvalue weighted by Crippen LogP contribution is -2.14. The minimum Gasteiger partial charge on any atom is -0.422 e. The van der Waals surface area contributed by atoms with Gasteiger partial charge in [-0.15, -0.1) is 10.2 Å². The molecule has 1 aromatic rings. The van der Waals surface area contributed by atoms with Crippen molar-refractivity contribution in [3.63, 3.8) is 0 Å². The summed E-state index contributed by atoms with van der Waals surface area (Å²) in [5.41, 5.74) is 0. The SMILES string of the molecule is CCNCCCc1nnc(C2CCC(C)O2)o1. The Morgan fingerprint density at radius 1 is 1.35 bits per heavy atom. The van der Waals surface area contributed by atoms with Gasteiger partial charge in [0, 0.05) is 6.42 Å². The Labute approximate surface area is 102 Å². The second kappa shape index (κ2) is 6.12. The van der Waals surface area contributed by atoms with Crippen LogP contribution in [0.1, 0.15) is 51.0 Å². The van der Waals surface area contributed by atoms with Gasteiger partial charge in [-0.05, 0) is 39.3 Å². The zero-order valence-corrected chi connectivity index (χ0v) is 10.6. The van der Waals surface area contributed by atoms with Crippen molar-refractivity contribution in [1.29, 1.82) is 0 Å². The quantitative estimate of drug-likeness (QED) is 0.768. The zero-order chi connectivity index (χ0) is 12.1. The molecular weight excluding hydrogens is 218 g/mol. The highest BCUT2D eigenvalue weighted by Gasteiger charge is 2.27. The summed E-state index contributed by atoms with van der Waals surface area (Å²) < 4.78 is 11.3. The van der Waals surface area contributed by atoms with E-state index in [-0.39, 0.29) is 6.10 Å². The van der Waals surface area contributed by atoms with Gasteiger partial charge in [0.2, 0.25) is 11.8 Å². The van der Waals surface area contributed by atoms with Gasteiger partial charge >= 0.3 is 0 Å². The fourth-order valence-corrected chi connectivity index (χ4v) is 2.02. The van der Waals surface area contributed by atoms with Crippen molar-refractivity contribution < 1.29 is 9.15 Å². The van der Waals surface area contributed by atoms with Crippen molar-refractivity contribution in [2.75, 3.05) is 13.1 Å². The number of aryl methyl sites for hydroxylation is 1. The fourth-order valence-electron chi connectivity index (χ4n) is 2.02. The number of nitrogens with one attached hydrogen (secondary N) is 1. The van der Waals surface area contributed by atoms with Gasteiger partial charge in [0.25, 0.3) is 0 Å². The highest BCUT2D eigenvalue weighted by molar-refractivity contribution is 4.90. The van der Waals surface area contributed by atoms with Crippen molar-refractivity contribution in [3.8, 4) is 0 Å². The van der Waals surface area contributed by atoms with Crippen LogP contribution in [0.25, 0.3) is 0 Å². The molecular formula is C12H21N3O2. The van der Waals surface area contributed by atoms with E-state index in [1.807, 2.05) is 0 Å². The minimum absolute atomic E-state index is 0.0139. The van der Waals surface area contributed by atoms with Crippen LogP contribution in [0.3, 0.4) is 0 Å². The Bertz CT molecular complexity index is 340. The summed E-state index contributed by atoms with van der Waals surface area (Å²) in [5, 5.41) is 11.4. The van der Waals surface area contributed by atoms with Gasteiger partial charge in [-0.25, -0.2) is 0 Å². The van der Waals surface area contributed by atoms with Gasteiger partial charge in [0.05, 0.1) is 6.10 Å². The van der Waals surface area contributed by atoms with Gasteiger partial charge in [0.1, 0.15) is 6.10 Å². The maximum Gasteiger partial charge on any atom is 0.245 e. The molecule has 2 unspecified atom stereocenters. The van der Waals surface area contributed by atoms with Crippen LogP contribution in [0.2, 0.25) is 0 Å². The minimum atomic E-state index is 0.0139. The molecule has 1 N–H and O–H groups in total. The first-order valence-electron chi connectivity index (χ1n) is 6.48. The predicted molar refractivity (Wildman–Crippen MR) is 63.7 cm³/mol. The van der Waals surface area contributed by atoms with Crippen LogP contribution in [0.15, 0.2) is 4.42 Å². The summed E-state index contributed by atoms with van der Waals surface area (Å²) in [6.07, 6.45) is 4.24. The van der Waals surface area contributed by atoms with E-state index >= 15 is 0 Å². The van der Waals surface area contributed by atoms with Gasteiger partial charge in [-0.3, -0.25) is 0 Å². The molecule has 0 bridgehead atoms. The molecule has 1 aliphatic rings. The third-order valence-electron chi connectivity index (χ3n) is 2.98. The summed E-state index contributed by atoms with van der Waals surface area (Å²) >= 11 is 0. The Kier molecular flexibility index (Phi) is 4.50. The number of aromatic nitrogens is 2. The van der Waals surface area contributed by atoms with E-state index in [2.05, 4.69) is 29.4 Å². The highest BCUT2D eigenvalue weighted by Crippen LogP contribution is 2.31. The monoisotopic (exact) mass is 239 g/mol. The lowest BCUT2D eigenvalue weighted by molar-refractivity contribution is 0.0384. The van der Waals surface area contributed by atoms with Crippen LogP contribution in [0.5, 0.6) is 0 Å². The molecule has 2 atom stereocenters. The molecule has 0 aliphatic carbocycles. The Morgan fingerprint density at radius 2 is 2.24 bits per heavy atom. The van der Waals surface area contributed by atoms with E-state index in [0.717, 1.165) is 44.7 Å². The number of hydrogen-bond acceptors (Lipinski definition) is 5. The number of ether oxygens (including phenoxy) is 1. The Balaban J connectivity index is 1.79. The first kappa shape index (κ1) is 12.5. The molecule has 17 heavy (non-hydrogen) atoms. The second-order valence-electron chi connectivity index (χ2n) is 4.50. The van der Waals surface area contributed by atoms with Crippen LogP contribution in [-0.4, -0.2) is 29.4 Å². The van der Waals surface area contributed by atoms with Gasteiger partial charge in [0.15, 0.2) is 0 Å². The normalized spacial score (nSPS) is 24.4. The van der Waals surface area contributed by atoms with Gasteiger partial charge < -0.3 is 14.5 Å². The standard InChI is InChI=1S/C12H21N3O2/c1-3-13-8-4-5-11-14-15-12(17-11)10-7-6-9(2)16-10/h9-10,13H,3-8H2,1-2H3. The fraction of sp³-hybridized carbons (Fsp3) is 0.833. The molecule has 5 nitrogen and oxygen atoms in total. The van der Waals surface area contributed by atoms with Crippen LogP contribution in [0.4, 0.5) is 0 Å². The molecule has 2 rings (SSSR count). The lowest BCUT2D eigenvalue weighted by atomic mass is 10.2. The third-order valence-corrected chi connectivity index (χ3v) is 2.98. The summed E-state index contributed by atoms with van der Waals surface area (Å²) in [5.74, 6) is 1.37. The maximum absolute atomic E-state index is 5.70. The molecule has 2 heterocycles. The largest absolute Gasteiger partial charge is 0.422 e. The van der Waals surface area contributed by atoms with E-state index in [1.54, 1.807) is 0 Å². The van der Waals surface area contributed by atoms with Gasteiger partial charge in [-0.2, -0.15) is 0 Å². The van der Waals surface area contributed by atoms with Crippen molar-refractivity contribution in [2.45, 2.75) is 51.7 Å². The van der Waals surface area contributed by atoms with E-state index in [0.29, 0.717) is 12.0 Å². The molecule has 0 spiro atoms. The number of nitrogens with zero attached hydrogens (tertiary/aromatic N) is 2. The van der Waals surface area contributed by atoms with Crippen molar-refractivity contribution in [1.82, 2.24) is 15.5 Å². The van der Waals surface area contributed by atoms with Crippen LogP contribution < -0.4 is 5.32 Å². The second-order valence-corrected chi connectivity index (χ2v) is 4.50. The average Bonchev–Trinajstić information content (AvgIpc) is 2.93. The smallest absolute Gasteiger partial charge is 0.245 e. The van der Waals surface area contributed by atoms with E-state index in [1.165, 1.54) is 0 Å². The predicted octanol–water partition coefficient (Wildman–Crippen LogP) is 1.85. The Morgan fingerprint density at radius 3 is 2.94 bits per heavy atom. The highest BCUT2D eigenvalue weighted by atomic mass is 16.5. The number of hydrogen-bond donors (Lipinski definition) is 1. The topological polar surface area (TPSA) is 60.2 Å². The first-order valence-corrected chi connectivity index (χ1v) is 6.48. The zero-order valence-electron chi connectivity index (χ0n) is 10.6. The molecule has 0 aromatic carbocycles. The molecule has 1 aromatic heterocycles. The first-order chi connectivity index (χ1) is 8.29.